The highest BCUT2D eigenvalue weighted by atomic mass is 16.5. The second kappa shape index (κ2) is 9.25. The van der Waals surface area contributed by atoms with Crippen LogP contribution in [0.5, 0.6) is 11.5 Å². The number of benzene rings is 2. The summed E-state index contributed by atoms with van der Waals surface area (Å²) in [5, 5.41) is 3.02. The van der Waals surface area contributed by atoms with Gasteiger partial charge in [0.05, 0.1) is 13.2 Å². The molecule has 0 radical (unpaired) electrons. The third kappa shape index (κ3) is 4.99. The van der Waals surface area contributed by atoms with E-state index in [0.29, 0.717) is 12.3 Å². The van der Waals surface area contributed by atoms with Crippen LogP contribution in [0, 0.1) is 0 Å². The van der Waals surface area contributed by atoms with Crippen LogP contribution in [0.15, 0.2) is 54.6 Å². The van der Waals surface area contributed by atoms with Crippen LogP contribution in [0.1, 0.15) is 24.4 Å². The molecule has 1 atom stereocenters. The van der Waals surface area contributed by atoms with Gasteiger partial charge in [-0.3, -0.25) is 9.69 Å². The third-order valence-electron chi connectivity index (χ3n) is 4.69. The molecule has 0 spiro atoms. The van der Waals surface area contributed by atoms with Gasteiger partial charge >= 0.3 is 0 Å². The minimum absolute atomic E-state index is 0.0271. The van der Waals surface area contributed by atoms with Gasteiger partial charge in [0.15, 0.2) is 6.61 Å². The summed E-state index contributed by atoms with van der Waals surface area (Å²) in [7, 11) is 1.67. The van der Waals surface area contributed by atoms with Crippen molar-refractivity contribution < 1.29 is 14.3 Å². The average Bonchev–Trinajstić information content (AvgIpc) is 3.22. The van der Waals surface area contributed by atoms with Crippen molar-refractivity contribution in [1.82, 2.24) is 10.2 Å². The van der Waals surface area contributed by atoms with Crippen molar-refractivity contribution in [2.24, 2.45) is 0 Å². The van der Waals surface area contributed by atoms with E-state index in [4.69, 9.17) is 9.47 Å². The van der Waals surface area contributed by atoms with E-state index >= 15 is 0 Å². The number of rotatable bonds is 8. The molecule has 2 aromatic carbocycles. The van der Waals surface area contributed by atoms with Gasteiger partial charge in [0, 0.05) is 6.54 Å². The van der Waals surface area contributed by atoms with Crippen molar-refractivity contribution in [1.29, 1.82) is 0 Å². The first-order valence-corrected chi connectivity index (χ1v) is 9.09. The van der Waals surface area contributed by atoms with Crippen molar-refractivity contribution in [3.8, 4) is 11.5 Å². The van der Waals surface area contributed by atoms with Crippen molar-refractivity contribution in [2.75, 3.05) is 33.4 Å². The molecule has 1 aliphatic rings. The van der Waals surface area contributed by atoms with E-state index in [9.17, 15) is 4.79 Å². The number of ether oxygens (including phenoxy) is 2. The fourth-order valence-electron chi connectivity index (χ4n) is 3.26. The Morgan fingerprint density at radius 1 is 1.04 bits per heavy atom. The number of hydrogen-bond donors (Lipinski definition) is 1. The van der Waals surface area contributed by atoms with E-state index in [-0.39, 0.29) is 18.6 Å². The maximum Gasteiger partial charge on any atom is 0.258 e. The van der Waals surface area contributed by atoms with E-state index in [1.54, 1.807) is 7.11 Å². The molecule has 0 unspecified atom stereocenters. The largest absolute Gasteiger partial charge is 0.497 e. The first kappa shape index (κ1) is 18.3. The van der Waals surface area contributed by atoms with Gasteiger partial charge in [-0.25, -0.2) is 0 Å². The molecule has 0 aromatic heterocycles. The maximum absolute atomic E-state index is 12.2. The van der Waals surface area contributed by atoms with Gasteiger partial charge in [0.25, 0.3) is 5.91 Å². The Bertz CT molecular complexity index is 682. The summed E-state index contributed by atoms with van der Waals surface area (Å²) in [6.45, 7) is 2.73. The lowest BCUT2D eigenvalue weighted by Crippen LogP contribution is -2.38. The molecule has 5 heteroatoms. The smallest absolute Gasteiger partial charge is 0.258 e. The molecular weight excluding hydrogens is 328 g/mol. The second-order valence-corrected chi connectivity index (χ2v) is 6.44. The molecule has 1 N–H and O–H groups in total. The van der Waals surface area contributed by atoms with Crippen LogP contribution >= 0.6 is 0 Å². The Balaban J connectivity index is 1.57. The lowest BCUT2D eigenvalue weighted by molar-refractivity contribution is -0.123. The lowest BCUT2D eigenvalue weighted by Gasteiger charge is -2.28. The zero-order valence-corrected chi connectivity index (χ0v) is 15.2. The monoisotopic (exact) mass is 354 g/mol. The molecule has 1 amide bonds. The number of carbonyl (C=O) groups is 1. The Morgan fingerprint density at radius 2 is 1.73 bits per heavy atom. The van der Waals surface area contributed by atoms with Gasteiger partial charge in [-0.15, -0.1) is 0 Å². The summed E-state index contributed by atoms with van der Waals surface area (Å²) in [5.74, 6) is 1.44. The van der Waals surface area contributed by atoms with Gasteiger partial charge in [-0.2, -0.15) is 0 Å². The predicted octanol–water partition coefficient (Wildman–Crippen LogP) is 3.03. The van der Waals surface area contributed by atoms with Gasteiger partial charge in [-0.1, -0.05) is 30.3 Å². The van der Waals surface area contributed by atoms with Crippen LogP contribution in [-0.2, 0) is 4.79 Å². The van der Waals surface area contributed by atoms with Crippen LogP contribution in [-0.4, -0.2) is 44.2 Å². The van der Waals surface area contributed by atoms with Gasteiger partial charge in [0.2, 0.25) is 0 Å². The fraction of sp³-hybridized carbons (Fsp3) is 0.381. The average molecular weight is 354 g/mol. The first-order chi connectivity index (χ1) is 12.8. The molecule has 1 fully saturated rings. The van der Waals surface area contributed by atoms with Gasteiger partial charge in [0.1, 0.15) is 11.5 Å². The third-order valence-corrected chi connectivity index (χ3v) is 4.69. The molecular formula is C21H26N2O3. The molecule has 138 valence electrons. The van der Waals surface area contributed by atoms with Crippen LogP contribution in [0.2, 0.25) is 0 Å². The zero-order valence-electron chi connectivity index (χ0n) is 15.2. The number of amides is 1. The SMILES string of the molecule is COc1ccc([C@H](CNC(=O)COc2ccccc2)N2CCCC2)cc1. The number of nitrogens with zero attached hydrogens (tertiary/aromatic N) is 1. The Hall–Kier alpha value is -2.53. The van der Waals surface area contributed by atoms with Gasteiger partial charge < -0.3 is 14.8 Å². The second-order valence-electron chi connectivity index (χ2n) is 6.44. The Kier molecular flexibility index (Phi) is 6.50. The minimum atomic E-state index is -0.105. The molecule has 3 rings (SSSR count). The first-order valence-electron chi connectivity index (χ1n) is 9.09. The molecule has 0 saturated carbocycles. The highest BCUT2D eigenvalue weighted by Gasteiger charge is 2.24. The number of likely N-dealkylation sites (tertiary alicyclic amines) is 1. The van der Waals surface area contributed by atoms with Crippen molar-refractivity contribution in [3.63, 3.8) is 0 Å². The topological polar surface area (TPSA) is 50.8 Å². The standard InChI is InChI=1S/C21H26N2O3/c1-25-18-11-9-17(10-12-18)20(23-13-5-6-14-23)15-22-21(24)16-26-19-7-3-2-4-8-19/h2-4,7-12,20H,5-6,13-16H2,1H3,(H,22,24)/t20-/m0/s1. The predicted molar refractivity (Wildman–Crippen MR) is 101 cm³/mol. The fourth-order valence-corrected chi connectivity index (χ4v) is 3.26. The van der Waals surface area contributed by atoms with E-state index in [1.165, 1.54) is 18.4 Å². The number of para-hydroxylation sites is 1. The Labute approximate surface area is 154 Å². The zero-order chi connectivity index (χ0) is 18.2. The van der Waals surface area contributed by atoms with Crippen LogP contribution in [0.25, 0.3) is 0 Å². The van der Waals surface area contributed by atoms with Crippen molar-refractivity contribution >= 4 is 5.91 Å². The van der Waals surface area contributed by atoms with Crippen molar-refractivity contribution in [2.45, 2.75) is 18.9 Å². The number of carbonyl (C=O) groups excluding carboxylic acids is 1. The molecule has 0 aliphatic carbocycles. The van der Waals surface area contributed by atoms with Gasteiger partial charge in [-0.05, 0) is 55.8 Å². The lowest BCUT2D eigenvalue weighted by atomic mass is 10.1. The summed E-state index contributed by atoms with van der Waals surface area (Å²) in [4.78, 5) is 14.6. The van der Waals surface area contributed by atoms with E-state index in [1.807, 2.05) is 42.5 Å². The van der Waals surface area contributed by atoms with E-state index < -0.39 is 0 Å². The summed E-state index contributed by atoms with van der Waals surface area (Å²) in [5.41, 5.74) is 1.19. The summed E-state index contributed by atoms with van der Waals surface area (Å²) >= 11 is 0. The highest BCUT2D eigenvalue weighted by Crippen LogP contribution is 2.26. The maximum atomic E-state index is 12.2. The molecule has 5 nitrogen and oxygen atoms in total. The number of methoxy groups -OCH3 is 1. The Morgan fingerprint density at radius 3 is 2.38 bits per heavy atom. The highest BCUT2D eigenvalue weighted by molar-refractivity contribution is 5.77. The molecule has 1 aliphatic heterocycles. The summed E-state index contributed by atoms with van der Waals surface area (Å²) in [6, 6.07) is 17.7. The van der Waals surface area contributed by atoms with E-state index in [2.05, 4.69) is 22.3 Å². The normalized spacial score (nSPS) is 15.4. The number of hydrogen-bond acceptors (Lipinski definition) is 4. The minimum Gasteiger partial charge on any atom is -0.497 e. The number of nitrogens with one attached hydrogen (secondary N) is 1. The van der Waals surface area contributed by atoms with Crippen LogP contribution in [0.3, 0.4) is 0 Å². The van der Waals surface area contributed by atoms with Crippen molar-refractivity contribution in [3.05, 3.63) is 60.2 Å². The van der Waals surface area contributed by atoms with E-state index in [0.717, 1.165) is 18.8 Å². The van der Waals surface area contributed by atoms with Crippen LogP contribution in [0.4, 0.5) is 0 Å². The molecule has 1 saturated heterocycles. The molecule has 26 heavy (non-hydrogen) atoms. The quantitative estimate of drug-likeness (QED) is 0.792. The molecule has 2 aromatic rings. The van der Waals surface area contributed by atoms with Crippen LogP contribution < -0.4 is 14.8 Å². The summed E-state index contributed by atoms with van der Waals surface area (Å²) in [6.07, 6.45) is 2.41. The molecule has 0 bridgehead atoms. The summed E-state index contributed by atoms with van der Waals surface area (Å²) < 4.78 is 10.8. The molecule has 1 heterocycles.